The van der Waals surface area contributed by atoms with Gasteiger partial charge in [0.2, 0.25) is 12.3 Å². The lowest BCUT2D eigenvalue weighted by Crippen LogP contribution is -2.40. The summed E-state index contributed by atoms with van der Waals surface area (Å²) in [5.74, 6) is 0.560. The lowest BCUT2D eigenvalue weighted by Gasteiger charge is -2.31. The van der Waals surface area contributed by atoms with Crippen molar-refractivity contribution < 1.29 is 14.3 Å². The number of amides is 2. The maximum absolute atomic E-state index is 12.5. The van der Waals surface area contributed by atoms with Crippen molar-refractivity contribution in [3.05, 3.63) is 30.2 Å². The molecule has 1 aromatic heterocycles. The Morgan fingerprint density at radius 1 is 1.40 bits per heavy atom. The van der Waals surface area contributed by atoms with Gasteiger partial charge in [-0.2, -0.15) is 0 Å². The minimum Gasteiger partial charge on any atom is -0.423 e. The standard InChI is InChI=1S/C18H24N4O3/c1-12-7-8-13(17-21-19-11-25-17)9-15(12)20-18(24)22(2)10-14-5-3-4-6-16(14)23/h7-9,11,14,16,23H,3-6,10H2,1-2H3,(H,20,24)/t14-,16+/m1/s1. The number of benzene rings is 1. The summed E-state index contributed by atoms with van der Waals surface area (Å²) in [6.45, 7) is 2.48. The van der Waals surface area contributed by atoms with Crippen LogP contribution >= 0.6 is 0 Å². The third-order valence-corrected chi connectivity index (χ3v) is 4.81. The molecule has 0 saturated heterocycles. The van der Waals surface area contributed by atoms with Gasteiger partial charge in [-0.25, -0.2) is 4.79 Å². The molecule has 0 radical (unpaired) electrons. The number of aryl methyl sites for hydroxylation is 1. The summed E-state index contributed by atoms with van der Waals surface area (Å²) in [6.07, 6.45) is 4.93. The summed E-state index contributed by atoms with van der Waals surface area (Å²) >= 11 is 0. The second-order valence-electron chi connectivity index (χ2n) is 6.70. The Labute approximate surface area is 147 Å². The van der Waals surface area contributed by atoms with Gasteiger partial charge in [-0.3, -0.25) is 0 Å². The largest absolute Gasteiger partial charge is 0.423 e. The number of aliphatic hydroxyl groups is 1. The highest BCUT2D eigenvalue weighted by Crippen LogP contribution is 2.26. The Hall–Kier alpha value is -2.41. The average molecular weight is 344 g/mol. The fourth-order valence-electron chi connectivity index (χ4n) is 3.23. The lowest BCUT2D eigenvalue weighted by molar-refractivity contribution is 0.0575. The molecule has 0 unspecified atom stereocenters. The van der Waals surface area contributed by atoms with Crippen LogP contribution in [0.25, 0.3) is 11.5 Å². The summed E-state index contributed by atoms with van der Waals surface area (Å²) in [7, 11) is 1.76. The first-order chi connectivity index (χ1) is 12.0. The van der Waals surface area contributed by atoms with Gasteiger partial charge < -0.3 is 19.7 Å². The first kappa shape index (κ1) is 17.4. The van der Waals surface area contributed by atoms with Gasteiger partial charge in [-0.1, -0.05) is 18.9 Å². The highest BCUT2D eigenvalue weighted by molar-refractivity contribution is 5.90. The van der Waals surface area contributed by atoms with E-state index in [9.17, 15) is 9.90 Å². The van der Waals surface area contributed by atoms with E-state index in [1.54, 1.807) is 11.9 Å². The van der Waals surface area contributed by atoms with Gasteiger partial charge in [-0.15, -0.1) is 10.2 Å². The van der Waals surface area contributed by atoms with E-state index in [0.29, 0.717) is 18.1 Å². The van der Waals surface area contributed by atoms with Crippen molar-refractivity contribution in [2.24, 2.45) is 5.92 Å². The van der Waals surface area contributed by atoms with E-state index in [1.807, 2.05) is 25.1 Å². The second-order valence-corrected chi connectivity index (χ2v) is 6.70. The number of nitrogens with zero attached hydrogens (tertiary/aromatic N) is 3. The first-order valence-electron chi connectivity index (χ1n) is 8.62. The first-order valence-corrected chi connectivity index (χ1v) is 8.62. The van der Waals surface area contributed by atoms with Crippen LogP contribution in [-0.4, -0.2) is 45.9 Å². The number of carbonyl (C=O) groups is 1. The van der Waals surface area contributed by atoms with Crippen LogP contribution < -0.4 is 5.32 Å². The smallest absolute Gasteiger partial charge is 0.321 e. The van der Waals surface area contributed by atoms with E-state index in [1.165, 1.54) is 6.39 Å². The predicted octanol–water partition coefficient (Wildman–Crippen LogP) is 3.06. The molecule has 1 saturated carbocycles. The molecule has 1 aromatic carbocycles. The fraction of sp³-hybridized carbons (Fsp3) is 0.500. The van der Waals surface area contributed by atoms with Gasteiger partial charge in [0.1, 0.15) is 0 Å². The molecule has 7 heteroatoms. The SMILES string of the molecule is Cc1ccc(-c2nnco2)cc1NC(=O)N(C)C[C@H]1CCCC[C@@H]1O. The monoisotopic (exact) mass is 344 g/mol. The number of rotatable bonds is 4. The van der Waals surface area contributed by atoms with Crippen LogP contribution in [0.4, 0.5) is 10.5 Å². The molecule has 7 nitrogen and oxygen atoms in total. The van der Waals surface area contributed by atoms with E-state index in [-0.39, 0.29) is 18.1 Å². The van der Waals surface area contributed by atoms with E-state index in [4.69, 9.17) is 4.42 Å². The lowest BCUT2D eigenvalue weighted by atomic mass is 9.86. The number of carbonyl (C=O) groups excluding carboxylic acids is 1. The zero-order valence-electron chi connectivity index (χ0n) is 14.6. The molecule has 2 N–H and O–H groups in total. The number of hydrogen-bond acceptors (Lipinski definition) is 5. The summed E-state index contributed by atoms with van der Waals surface area (Å²) in [6, 6.07) is 5.41. The van der Waals surface area contributed by atoms with Gasteiger partial charge in [0.15, 0.2) is 0 Å². The summed E-state index contributed by atoms with van der Waals surface area (Å²) < 4.78 is 5.21. The molecule has 1 aliphatic rings. The molecule has 2 amide bonds. The molecular weight excluding hydrogens is 320 g/mol. The van der Waals surface area contributed by atoms with Crippen molar-refractivity contribution in [3.63, 3.8) is 0 Å². The van der Waals surface area contributed by atoms with Crippen molar-refractivity contribution >= 4 is 11.7 Å². The minimum atomic E-state index is -0.313. The molecule has 1 aliphatic carbocycles. The Morgan fingerprint density at radius 2 is 2.20 bits per heavy atom. The highest BCUT2D eigenvalue weighted by atomic mass is 16.4. The number of nitrogens with one attached hydrogen (secondary N) is 1. The third-order valence-electron chi connectivity index (χ3n) is 4.81. The van der Waals surface area contributed by atoms with E-state index in [2.05, 4.69) is 15.5 Å². The summed E-state index contributed by atoms with van der Waals surface area (Å²) in [5, 5.41) is 20.6. The van der Waals surface area contributed by atoms with Crippen LogP contribution in [-0.2, 0) is 0 Å². The van der Waals surface area contributed by atoms with Crippen LogP contribution in [0.5, 0.6) is 0 Å². The number of urea groups is 1. The fourth-order valence-corrected chi connectivity index (χ4v) is 3.23. The topological polar surface area (TPSA) is 91.5 Å². The van der Waals surface area contributed by atoms with Crippen molar-refractivity contribution in [2.45, 2.75) is 38.7 Å². The van der Waals surface area contributed by atoms with Crippen molar-refractivity contribution in [2.75, 3.05) is 18.9 Å². The highest BCUT2D eigenvalue weighted by Gasteiger charge is 2.25. The van der Waals surface area contributed by atoms with Gasteiger partial charge in [0.25, 0.3) is 0 Å². The molecular formula is C18H24N4O3. The zero-order valence-corrected chi connectivity index (χ0v) is 14.6. The maximum Gasteiger partial charge on any atom is 0.321 e. The minimum absolute atomic E-state index is 0.148. The molecule has 3 rings (SSSR count). The van der Waals surface area contributed by atoms with Crippen LogP contribution in [0.2, 0.25) is 0 Å². The number of aliphatic hydroxyl groups excluding tert-OH is 1. The maximum atomic E-state index is 12.5. The Bertz CT molecular complexity index is 717. The van der Waals surface area contributed by atoms with E-state index < -0.39 is 0 Å². The molecule has 1 heterocycles. The van der Waals surface area contributed by atoms with E-state index >= 15 is 0 Å². The number of anilines is 1. The van der Waals surface area contributed by atoms with Crippen LogP contribution in [0.15, 0.2) is 29.0 Å². The van der Waals surface area contributed by atoms with Crippen molar-refractivity contribution in [1.82, 2.24) is 15.1 Å². The molecule has 0 spiro atoms. The number of hydrogen-bond donors (Lipinski definition) is 2. The van der Waals surface area contributed by atoms with Gasteiger partial charge in [-0.05, 0) is 37.5 Å². The second kappa shape index (κ2) is 7.65. The van der Waals surface area contributed by atoms with Gasteiger partial charge in [0.05, 0.1) is 6.10 Å². The van der Waals surface area contributed by atoms with Gasteiger partial charge >= 0.3 is 6.03 Å². The molecule has 0 bridgehead atoms. The molecule has 2 atom stereocenters. The Balaban J connectivity index is 1.66. The van der Waals surface area contributed by atoms with Crippen molar-refractivity contribution in [3.8, 4) is 11.5 Å². The molecule has 0 aliphatic heterocycles. The van der Waals surface area contributed by atoms with Crippen LogP contribution in [0.1, 0.15) is 31.2 Å². The average Bonchev–Trinajstić information content (AvgIpc) is 3.13. The normalized spacial score (nSPS) is 20.3. The molecule has 1 fully saturated rings. The number of aromatic nitrogens is 2. The molecule has 2 aromatic rings. The van der Waals surface area contributed by atoms with E-state index in [0.717, 1.165) is 36.8 Å². The Morgan fingerprint density at radius 3 is 2.92 bits per heavy atom. The van der Waals surface area contributed by atoms with Gasteiger partial charge in [0, 0.05) is 30.8 Å². The predicted molar refractivity (Wildman–Crippen MR) is 94.1 cm³/mol. The summed E-state index contributed by atoms with van der Waals surface area (Å²) in [4.78, 5) is 14.2. The van der Waals surface area contributed by atoms with Crippen LogP contribution in [0, 0.1) is 12.8 Å². The Kier molecular flexibility index (Phi) is 5.33. The zero-order chi connectivity index (χ0) is 17.8. The quantitative estimate of drug-likeness (QED) is 0.889. The van der Waals surface area contributed by atoms with Crippen LogP contribution in [0.3, 0.4) is 0 Å². The summed E-state index contributed by atoms with van der Waals surface area (Å²) in [5.41, 5.74) is 2.41. The molecule has 134 valence electrons. The third kappa shape index (κ3) is 4.17. The van der Waals surface area contributed by atoms with Crippen molar-refractivity contribution in [1.29, 1.82) is 0 Å². The molecule has 25 heavy (non-hydrogen) atoms.